The first-order valence-electron chi connectivity index (χ1n) is 10.6. The molecule has 4 aromatic rings. The molecule has 164 valence electrons. The highest BCUT2D eigenvalue weighted by Gasteiger charge is 2.14. The van der Waals surface area contributed by atoms with Crippen LogP contribution in [0, 0.1) is 0 Å². The molecule has 0 saturated heterocycles. The van der Waals surface area contributed by atoms with Gasteiger partial charge < -0.3 is 23.5 Å². The van der Waals surface area contributed by atoms with Crippen molar-refractivity contribution in [3.05, 3.63) is 75.1 Å². The summed E-state index contributed by atoms with van der Waals surface area (Å²) < 4.78 is 14.5. The van der Waals surface area contributed by atoms with Gasteiger partial charge in [-0.2, -0.15) is 0 Å². The van der Waals surface area contributed by atoms with E-state index < -0.39 is 0 Å². The molecule has 5 rings (SSSR count). The molecule has 0 unspecified atom stereocenters. The summed E-state index contributed by atoms with van der Waals surface area (Å²) in [5.74, 6) is 1.40. The fraction of sp³-hybridized carbons (Fsp3) is 0.292. The second kappa shape index (κ2) is 8.12. The van der Waals surface area contributed by atoms with Crippen LogP contribution in [0.25, 0.3) is 21.8 Å². The Labute approximate surface area is 184 Å². The minimum absolute atomic E-state index is 0.139. The van der Waals surface area contributed by atoms with Gasteiger partial charge in [0.05, 0.1) is 28.4 Å². The Bertz CT molecular complexity index is 1440. The first-order valence-corrected chi connectivity index (χ1v) is 10.6. The molecule has 8 heteroatoms. The molecule has 1 aliphatic rings. The Balaban J connectivity index is 1.54. The van der Waals surface area contributed by atoms with Crippen LogP contribution < -0.4 is 20.6 Å². The van der Waals surface area contributed by atoms with Gasteiger partial charge in [-0.05, 0) is 50.0 Å². The van der Waals surface area contributed by atoms with Crippen molar-refractivity contribution in [2.75, 3.05) is 33.9 Å². The summed E-state index contributed by atoms with van der Waals surface area (Å²) in [4.78, 5) is 32.8. The normalized spacial score (nSPS) is 13.2. The quantitative estimate of drug-likeness (QED) is 0.450. The van der Waals surface area contributed by atoms with E-state index in [1.165, 1.54) is 0 Å². The van der Waals surface area contributed by atoms with Gasteiger partial charge in [-0.15, -0.1) is 0 Å². The maximum Gasteiger partial charge on any atom is 0.260 e. The molecule has 0 saturated carbocycles. The molecule has 0 spiro atoms. The average Bonchev–Trinajstić information content (AvgIpc) is 2.80. The van der Waals surface area contributed by atoms with E-state index in [-0.39, 0.29) is 11.1 Å². The summed E-state index contributed by atoms with van der Waals surface area (Å²) in [5.41, 5.74) is 1.77. The molecular formula is C24H24N4O4. The first kappa shape index (κ1) is 20.3. The van der Waals surface area contributed by atoms with Crippen LogP contribution in [0.1, 0.15) is 5.56 Å². The lowest BCUT2D eigenvalue weighted by Gasteiger charge is -2.19. The number of nitrogens with zero attached hydrogens (tertiary/aromatic N) is 4. The van der Waals surface area contributed by atoms with Crippen molar-refractivity contribution in [2.45, 2.75) is 13.1 Å². The van der Waals surface area contributed by atoms with Gasteiger partial charge in [0.2, 0.25) is 0 Å². The Morgan fingerprint density at radius 3 is 2.25 bits per heavy atom. The number of rotatable bonds is 5. The average molecular weight is 432 g/mol. The van der Waals surface area contributed by atoms with E-state index in [0.717, 1.165) is 12.1 Å². The zero-order valence-corrected chi connectivity index (χ0v) is 18.1. The summed E-state index contributed by atoms with van der Waals surface area (Å²) in [6.07, 6.45) is 3.49. The van der Waals surface area contributed by atoms with Crippen molar-refractivity contribution in [3.8, 4) is 11.5 Å². The minimum atomic E-state index is -0.185. The highest BCUT2D eigenvalue weighted by atomic mass is 16.6. The number of ether oxygens (including phenoxy) is 2. The SMILES string of the molecule is CN(C)CCn1ccc2nc3ccn(Cc4ccc5c(c4)OCCO5)c(=O)c3cc2c1=O. The van der Waals surface area contributed by atoms with Crippen LogP contribution in [0.15, 0.2) is 58.4 Å². The van der Waals surface area contributed by atoms with Gasteiger partial charge >= 0.3 is 0 Å². The summed E-state index contributed by atoms with van der Waals surface area (Å²) in [6, 6.07) is 11.0. The maximum absolute atomic E-state index is 13.2. The van der Waals surface area contributed by atoms with Crippen molar-refractivity contribution < 1.29 is 9.47 Å². The van der Waals surface area contributed by atoms with Gasteiger partial charge in [0.15, 0.2) is 11.5 Å². The molecule has 3 aromatic heterocycles. The van der Waals surface area contributed by atoms with Crippen molar-refractivity contribution >= 4 is 21.8 Å². The van der Waals surface area contributed by atoms with Crippen LogP contribution in [-0.4, -0.2) is 52.9 Å². The zero-order valence-electron chi connectivity index (χ0n) is 18.1. The van der Waals surface area contributed by atoms with Crippen molar-refractivity contribution in [1.82, 2.24) is 19.0 Å². The fourth-order valence-corrected chi connectivity index (χ4v) is 3.90. The number of fused-ring (bicyclic) bond motifs is 3. The van der Waals surface area contributed by atoms with E-state index in [1.807, 2.05) is 49.3 Å². The largest absolute Gasteiger partial charge is 0.486 e. The molecule has 1 aromatic carbocycles. The summed E-state index contributed by atoms with van der Waals surface area (Å²) in [6.45, 7) is 2.74. The molecule has 0 radical (unpaired) electrons. The lowest BCUT2D eigenvalue weighted by Crippen LogP contribution is -2.26. The van der Waals surface area contributed by atoms with Crippen molar-refractivity contribution in [2.24, 2.45) is 0 Å². The molecule has 0 bridgehead atoms. The molecule has 1 aliphatic heterocycles. The van der Waals surface area contributed by atoms with Crippen LogP contribution >= 0.6 is 0 Å². The fourth-order valence-electron chi connectivity index (χ4n) is 3.90. The standard InChI is InChI=1S/C24H24N4O4/c1-26(2)9-10-27-7-5-19-17(23(27)29)14-18-20(25-19)6-8-28(24(18)30)15-16-3-4-21-22(13-16)32-12-11-31-21/h3-8,13-14H,9-12,15H2,1-2H3. The summed E-state index contributed by atoms with van der Waals surface area (Å²) >= 11 is 0. The van der Waals surface area contributed by atoms with Crippen LogP contribution in [0.2, 0.25) is 0 Å². The number of pyridine rings is 3. The van der Waals surface area contributed by atoms with Gasteiger partial charge in [-0.3, -0.25) is 9.59 Å². The Hall–Kier alpha value is -3.65. The predicted molar refractivity (Wildman–Crippen MR) is 123 cm³/mol. The van der Waals surface area contributed by atoms with Gasteiger partial charge in [0, 0.05) is 25.5 Å². The Morgan fingerprint density at radius 2 is 1.53 bits per heavy atom. The lowest BCUT2D eigenvalue weighted by molar-refractivity contribution is 0.171. The predicted octanol–water partition coefficient (Wildman–Crippen LogP) is 2.09. The Morgan fingerprint density at radius 1 is 0.875 bits per heavy atom. The van der Waals surface area contributed by atoms with Crippen LogP contribution in [-0.2, 0) is 13.1 Å². The van der Waals surface area contributed by atoms with Gasteiger partial charge in [0.1, 0.15) is 13.2 Å². The third kappa shape index (κ3) is 3.73. The molecule has 32 heavy (non-hydrogen) atoms. The monoisotopic (exact) mass is 432 g/mol. The van der Waals surface area contributed by atoms with E-state index in [0.29, 0.717) is 59.6 Å². The number of aromatic nitrogens is 3. The molecule has 0 N–H and O–H groups in total. The molecule has 0 aliphatic carbocycles. The van der Waals surface area contributed by atoms with E-state index in [4.69, 9.17) is 9.47 Å². The summed E-state index contributed by atoms with van der Waals surface area (Å²) in [7, 11) is 3.93. The van der Waals surface area contributed by atoms with Crippen LogP contribution in [0.4, 0.5) is 0 Å². The third-order valence-corrected chi connectivity index (χ3v) is 5.64. The van der Waals surface area contributed by atoms with E-state index in [2.05, 4.69) is 4.98 Å². The highest BCUT2D eigenvalue weighted by molar-refractivity contribution is 5.91. The molecule has 0 fully saturated rings. The van der Waals surface area contributed by atoms with Gasteiger partial charge in [-0.1, -0.05) is 6.07 Å². The molecular weight excluding hydrogens is 408 g/mol. The van der Waals surface area contributed by atoms with E-state index >= 15 is 0 Å². The molecule has 4 heterocycles. The zero-order chi connectivity index (χ0) is 22.2. The van der Waals surface area contributed by atoms with Gasteiger partial charge in [0.25, 0.3) is 11.1 Å². The highest BCUT2D eigenvalue weighted by Crippen LogP contribution is 2.30. The van der Waals surface area contributed by atoms with Crippen LogP contribution in [0.5, 0.6) is 11.5 Å². The van der Waals surface area contributed by atoms with Crippen LogP contribution in [0.3, 0.4) is 0 Å². The number of hydrogen-bond acceptors (Lipinski definition) is 6. The number of likely N-dealkylation sites (N-methyl/N-ethyl adjacent to an activating group) is 1. The lowest BCUT2D eigenvalue weighted by atomic mass is 10.1. The first-order chi connectivity index (χ1) is 15.5. The molecule has 0 atom stereocenters. The second-order valence-electron chi connectivity index (χ2n) is 8.20. The topological polar surface area (TPSA) is 78.6 Å². The third-order valence-electron chi connectivity index (χ3n) is 5.64. The second-order valence-corrected chi connectivity index (χ2v) is 8.20. The molecule has 0 amide bonds. The summed E-state index contributed by atoms with van der Waals surface area (Å²) in [5, 5.41) is 0.882. The van der Waals surface area contributed by atoms with Crippen molar-refractivity contribution in [1.29, 1.82) is 0 Å². The van der Waals surface area contributed by atoms with Gasteiger partial charge in [-0.25, -0.2) is 4.98 Å². The molecule has 8 nitrogen and oxygen atoms in total. The van der Waals surface area contributed by atoms with E-state index in [1.54, 1.807) is 27.6 Å². The van der Waals surface area contributed by atoms with Crippen molar-refractivity contribution in [3.63, 3.8) is 0 Å². The maximum atomic E-state index is 13.2. The minimum Gasteiger partial charge on any atom is -0.486 e. The Kier molecular flexibility index (Phi) is 5.14. The number of benzene rings is 1. The smallest absolute Gasteiger partial charge is 0.260 e. The van der Waals surface area contributed by atoms with E-state index in [9.17, 15) is 9.59 Å². The number of hydrogen-bond donors (Lipinski definition) is 0.